The van der Waals surface area contributed by atoms with Crippen molar-refractivity contribution in [1.82, 2.24) is 9.88 Å². The number of hydrogen-bond donors (Lipinski definition) is 0. The summed E-state index contributed by atoms with van der Waals surface area (Å²) in [5, 5.41) is 3.10. The number of halogens is 1. The fourth-order valence-electron chi connectivity index (χ4n) is 2.05. The van der Waals surface area contributed by atoms with E-state index in [2.05, 4.69) is 37.9 Å². The molecular formula is C12H13BrN2OS2. The first-order valence-corrected chi connectivity index (χ1v) is 8.28. The molecule has 3 rings (SSSR count). The number of aromatic nitrogens is 1. The molecule has 1 unspecified atom stereocenters. The van der Waals surface area contributed by atoms with Crippen LogP contribution in [0.25, 0.3) is 0 Å². The smallest absolute Gasteiger partial charge is 0.123 e. The van der Waals surface area contributed by atoms with E-state index in [-0.39, 0.29) is 6.10 Å². The van der Waals surface area contributed by atoms with E-state index in [1.807, 2.05) is 11.6 Å². The van der Waals surface area contributed by atoms with E-state index in [9.17, 15) is 0 Å². The molecule has 3 nitrogen and oxygen atoms in total. The molecule has 1 atom stereocenters. The van der Waals surface area contributed by atoms with Gasteiger partial charge in [-0.3, -0.25) is 4.90 Å². The first kappa shape index (κ1) is 12.7. The number of thiophene rings is 1. The molecule has 1 aliphatic heterocycles. The molecule has 18 heavy (non-hydrogen) atoms. The van der Waals surface area contributed by atoms with Gasteiger partial charge in [0, 0.05) is 36.1 Å². The minimum absolute atomic E-state index is 0.141. The molecule has 0 spiro atoms. The number of thiazole rings is 1. The number of hydrogen-bond acceptors (Lipinski definition) is 5. The van der Waals surface area contributed by atoms with Crippen LogP contribution in [0.5, 0.6) is 0 Å². The predicted octanol–water partition coefficient (Wildman–Crippen LogP) is 3.54. The second kappa shape index (κ2) is 5.79. The van der Waals surface area contributed by atoms with Gasteiger partial charge in [0.1, 0.15) is 11.1 Å². The van der Waals surface area contributed by atoms with Crippen molar-refractivity contribution in [3.63, 3.8) is 0 Å². The highest BCUT2D eigenvalue weighted by Crippen LogP contribution is 2.27. The lowest BCUT2D eigenvalue weighted by Gasteiger charge is -2.31. The SMILES string of the molecule is Brc1ccc(CN2CCOC(c3nccs3)C2)s1. The van der Waals surface area contributed by atoms with Crippen LogP contribution in [0, 0.1) is 0 Å². The van der Waals surface area contributed by atoms with Crippen molar-refractivity contribution in [2.45, 2.75) is 12.6 Å². The van der Waals surface area contributed by atoms with Gasteiger partial charge in [0.2, 0.25) is 0 Å². The third-order valence-corrected chi connectivity index (χ3v) is 5.36. The summed E-state index contributed by atoms with van der Waals surface area (Å²) in [6.07, 6.45) is 1.99. The van der Waals surface area contributed by atoms with Crippen LogP contribution in [0.15, 0.2) is 27.5 Å². The van der Waals surface area contributed by atoms with Crippen molar-refractivity contribution < 1.29 is 4.74 Å². The molecule has 6 heteroatoms. The average molecular weight is 345 g/mol. The molecule has 2 aromatic heterocycles. The maximum Gasteiger partial charge on any atom is 0.123 e. The summed E-state index contributed by atoms with van der Waals surface area (Å²) in [7, 11) is 0. The Morgan fingerprint density at radius 3 is 3.17 bits per heavy atom. The lowest BCUT2D eigenvalue weighted by molar-refractivity contribution is -0.0327. The monoisotopic (exact) mass is 344 g/mol. The van der Waals surface area contributed by atoms with Crippen molar-refractivity contribution in [3.8, 4) is 0 Å². The van der Waals surface area contributed by atoms with Gasteiger partial charge >= 0.3 is 0 Å². The second-order valence-corrected chi connectivity index (χ2v) is 7.64. The van der Waals surface area contributed by atoms with Crippen molar-refractivity contribution in [2.24, 2.45) is 0 Å². The molecule has 0 bridgehead atoms. The van der Waals surface area contributed by atoms with Crippen LogP contribution in [0.4, 0.5) is 0 Å². The lowest BCUT2D eigenvalue weighted by Crippen LogP contribution is -2.37. The number of ether oxygens (including phenoxy) is 1. The van der Waals surface area contributed by atoms with Gasteiger partial charge in [0.15, 0.2) is 0 Å². The van der Waals surface area contributed by atoms with Crippen LogP contribution in [0.2, 0.25) is 0 Å². The molecule has 0 amide bonds. The standard InChI is InChI=1S/C12H13BrN2OS2/c13-11-2-1-9(18-11)7-15-4-5-16-10(8-15)12-14-3-6-17-12/h1-3,6,10H,4-5,7-8H2. The third-order valence-electron chi connectivity index (χ3n) is 2.89. The van der Waals surface area contributed by atoms with Crippen LogP contribution >= 0.6 is 38.6 Å². The molecule has 1 fully saturated rings. The molecular weight excluding hydrogens is 332 g/mol. The molecule has 2 aromatic rings. The second-order valence-electron chi connectivity index (χ2n) is 4.17. The summed E-state index contributed by atoms with van der Waals surface area (Å²) in [6.45, 7) is 3.72. The van der Waals surface area contributed by atoms with Crippen LogP contribution in [0.1, 0.15) is 16.0 Å². The predicted molar refractivity (Wildman–Crippen MR) is 78.1 cm³/mol. The van der Waals surface area contributed by atoms with Gasteiger partial charge in [-0.2, -0.15) is 0 Å². The molecule has 0 saturated carbocycles. The van der Waals surface area contributed by atoms with E-state index in [1.165, 1.54) is 8.66 Å². The van der Waals surface area contributed by atoms with E-state index in [1.54, 1.807) is 22.7 Å². The highest BCUT2D eigenvalue weighted by atomic mass is 79.9. The van der Waals surface area contributed by atoms with Crippen LogP contribution in [0.3, 0.4) is 0 Å². The fourth-order valence-corrected chi connectivity index (χ4v) is 4.25. The van der Waals surface area contributed by atoms with Crippen LogP contribution < -0.4 is 0 Å². The summed E-state index contributed by atoms with van der Waals surface area (Å²) in [5.41, 5.74) is 0. The Bertz CT molecular complexity index is 500. The summed E-state index contributed by atoms with van der Waals surface area (Å²) in [5.74, 6) is 0. The molecule has 0 aromatic carbocycles. The van der Waals surface area contributed by atoms with E-state index in [0.29, 0.717) is 0 Å². The van der Waals surface area contributed by atoms with Crippen LogP contribution in [-0.2, 0) is 11.3 Å². The van der Waals surface area contributed by atoms with E-state index < -0.39 is 0 Å². The largest absolute Gasteiger partial charge is 0.368 e. The number of nitrogens with zero attached hydrogens (tertiary/aromatic N) is 2. The normalized spacial score (nSPS) is 21.3. The van der Waals surface area contributed by atoms with Gasteiger partial charge in [-0.15, -0.1) is 22.7 Å². The lowest BCUT2D eigenvalue weighted by atomic mass is 10.2. The maximum atomic E-state index is 5.80. The first-order chi connectivity index (χ1) is 8.81. The molecule has 96 valence electrons. The first-order valence-electron chi connectivity index (χ1n) is 5.79. The Morgan fingerprint density at radius 1 is 1.50 bits per heavy atom. The molecule has 1 saturated heterocycles. The van der Waals surface area contributed by atoms with Gasteiger partial charge in [-0.1, -0.05) is 0 Å². The van der Waals surface area contributed by atoms with Crippen molar-refractivity contribution in [2.75, 3.05) is 19.7 Å². The van der Waals surface area contributed by atoms with Crippen molar-refractivity contribution >= 4 is 38.6 Å². The molecule has 0 aliphatic carbocycles. The fraction of sp³-hybridized carbons (Fsp3) is 0.417. The Kier molecular flexibility index (Phi) is 4.10. The number of morpholine rings is 1. The van der Waals surface area contributed by atoms with Gasteiger partial charge in [-0.25, -0.2) is 4.98 Å². The minimum Gasteiger partial charge on any atom is -0.368 e. The zero-order valence-electron chi connectivity index (χ0n) is 9.71. The zero-order chi connectivity index (χ0) is 12.4. The van der Waals surface area contributed by atoms with Gasteiger partial charge in [0.25, 0.3) is 0 Å². The summed E-state index contributed by atoms with van der Waals surface area (Å²) in [6, 6.07) is 4.29. The van der Waals surface area contributed by atoms with Gasteiger partial charge in [-0.05, 0) is 28.1 Å². The van der Waals surface area contributed by atoms with E-state index in [4.69, 9.17) is 4.74 Å². The topological polar surface area (TPSA) is 25.4 Å². The van der Waals surface area contributed by atoms with Crippen molar-refractivity contribution in [1.29, 1.82) is 0 Å². The maximum absolute atomic E-state index is 5.80. The molecule has 0 radical (unpaired) electrons. The van der Waals surface area contributed by atoms with Crippen LogP contribution in [-0.4, -0.2) is 29.6 Å². The molecule has 0 N–H and O–H groups in total. The van der Waals surface area contributed by atoms with Gasteiger partial charge < -0.3 is 4.74 Å². The molecule has 3 heterocycles. The quantitative estimate of drug-likeness (QED) is 0.851. The highest BCUT2D eigenvalue weighted by Gasteiger charge is 2.23. The summed E-state index contributed by atoms with van der Waals surface area (Å²) in [4.78, 5) is 8.18. The van der Waals surface area contributed by atoms with E-state index in [0.717, 1.165) is 31.2 Å². The van der Waals surface area contributed by atoms with Gasteiger partial charge in [0.05, 0.1) is 10.4 Å². The van der Waals surface area contributed by atoms with E-state index >= 15 is 0 Å². The Balaban J connectivity index is 1.63. The van der Waals surface area contributed by atoms with Crippen molar-refractivity contribution in [3.05, 3.63) is 37.4 Å². The number of rotatable bonds is 3. The highest BCUT2D eigenvalue weighted by molar-refractivity contribution is 9.11. The molecule has 1 aliphatic rings. The third kappa shape index (κ3) is 3.00. The minimum atomic E-state index is 0.141. The summed E-state index contributed by atoms with van der Waals surface area (Å²) < 4.78 is 6.99. The Hall–Kier alpha value is -0.270. The zero-order valence-corrected chi connectivity index (χ0v) is 12.9. The average Bonchev–Trinajstić information content (AvgIpc) is 3.01. The Morgan fingerprint density at radius 2 is 2.44 bits per heavy atom. The Labute approximate surface area is 123 Å². The summed E-state index contributed by atoms with van der Waals surface area (Å²) >= 11 is 6.98.